The number of aromatic amines is 1. The number of thiophene rings is 2. The summed E-state index contributed by atoms with van der Waals surface area (Å²) < 4.78 is 18.4. The summed E-state index contributed by atoms with van der Waals surface area (Å²) in [5.41, 5.74) is 2.03. The van der Waals surface area contributed by atoms with Crippen molar-refractivity contribution in [3.05, 3.63) is 108 Å². The number of methoxy groups -OCH3 is 1. The Morgan fingerprint density at radius 3 is 2.40 bits per heavy atom. The van der Waals surface area contributed by atoms with Gasteiger partial charge in [-0.1, -0.05) is 6.07 Å². The van der Waals surface area contributed by atoms with Crippen LogP contribution in [0.25, 0.3) is 10.9 Å². The van der Waals surface area contributed by atoms with E-state index in [1.807, 2.05) is 29.0 Å². The van der Waals surface area contributed by atoms with Crippen LogP contribution in [0.4, 0.5) is 4.70 Å². The number of rotatable bonds is 17. The van der Waals surface area contributed by atoms with Gasteiger partial charge in [0.05, 0.1) is 11.6 Å². The first kappa shape index (κ1) is 42.7. The van der Waals surface area contributed by atoms with Gasteiger partial charge in [0.25, 0.3) is 0 Å². The maximum absolute atomic E-state index is 13.4. The number of unbranched alkanes of at least 4 members (excludes halogenated alkanes) is 1. The summed E-state index contributed by atoms with van der Waals surface area (Å²) in [5.74, 6) is 0.542. The van der Waals surface area contributed by atoms with Crippen molar-refractivity contribution in [3.63, 3.8) is 0 Å². The van der Waals surface area contributed by atoms with E-state index < -0.39 is 32.3 Å². The molecule has 0 bridgehead atoms. The molecule has 1 aliphatic carbocycles. The van der Waals surface area contributed by atoms with Gasteiger partial charge in [0.15, 0.2) is 0 Å². The van der Waals surface area contributed by atoms with Gasteiger partial charge >= 0.3 is 256 Å². The number of nitrogens with one attached hydrogen (secondary N) is 2. The number of halogens is 2. The molecular formula is C40H47AsClFN2O8S2. The predicted octanol–water partition coefficient (Wildman–Crippen LogP) is 8.07. The summed E-state index contributed by atoms with van der Waals surface area (Å²) in [6, 6.07) is 16.9. The van der Waals surface area contributed by atoms with E-state index in [9.17, 15) is 24.9 Å². The number of aliphatic hydroxyl groups excluding tert-OH is 1. The molecule has 3 heterocycles. The van der Waals surface area contributed by atoms with Gasteiger partial charge in [-0.2, -0.15) is 0 Å². The molecule has 15 heteroatoms. The Balaban J connectivity index is 0.00000580. The number of aliphatic hydroxyl groups is 2. The molecule has 0 aliphatic heterocycles. The zero-order chi connectivity index (χ0) is 38.2. The third-order valence-electron chi connectivity index (χ3n) is 10.0. The average Bonchev–Trinajstić information content (AvgIpc) is 3.92. The normalized spacial score (nSPS) is 17.0. The van der Waals surface area contributed by atoms with E-state index in [1.165, 1.54) is 40.0 Å². The van der Waals surface area contributed by atoms with Crippen LogP contribution in [-0.4, -0.2) is 67.3 Å². The van der Waals surface area contributed by atoms with E-state index in [0.717, 1.165) is 44.1 Å². The van der Waals surface area contributed by atoms with E-state index in [-0.39, 0.29) is 34.2 Å². The molecule has 55 heavy (non-hydrogen) atoms. The van der Waals surface area contributed by atoms with Crippen LogP contribution in [-0.2, 0) is 21.7 Å². The third-order valence-corrected chi connectivity index (χ3v) is 18.1. The van der Waals surface area contributed by atoms with Gasteiger partial charge < -0.3 is 15.2 Å². The van der Waals surface area contributed by atoms with Crippen LogP contribution in [0.5, 0.6) is 17.2 Å². The van der Waals surface area contributed by atoms with Crippen LogP contribution in [0.2, 0.25) is 20.6 Å². The molecule has 5 aromatic rings. The number of benzene rings is 2. The van der Waals surface area contributed by atoms with Crippen LogP contribution in [0.3, 0.4) is 0 Å². The second-order valence-corrected chi connectivity index (χ2v) is 21.5. The molecule has 3 aromatic heterocycles. The van der Waals surface area contributed by atoms with Crippen molar-refractivity contribution in [1.82, 2.24) is 10.3 Å². The minimum absolute atomic E-state index is 0. The topological polar surface area (TPSA) is 150 Å². The molecule has 2 aromatic carbocycles. The fourth-order valence-corrected chi connectivity index (χ4v) is 13.7. The first-order valence-electron chi connectivity index (χ1n) is 18.0. The van der Waals surface area contributed by atoms with Crippen molar-refractivity contribution in [2.24, 2.45) is 0 Å². The molecule has 2 atom stereocenters. The number of phenols is 1. The van der Waals surface area contributed by atoms with Gasteiger partial charge in [0, 0.05) is 11.5 Å². The van der Waals surface area contributed by atoms with Gasteiger partial charge in [-0.05, 0) is 17.7 Å². The summed E-state index contributed by atoms with van der Waals surface area (Å²) in [7, 11) is 1.59. The summed E-state index contributed by atoms with van der Waals surface area (Å²) >= 11 is 8.26. The first-order chi connectivity index (χ1) is 26.1. The number of carbonyl (C=O) groups excluding carboxylic acids is 1. The number of esters is 1. The first-order valence-corrected chi connectivity index (χ1v) is 24.5. The maximum atomic E-state index is 13.4. The number of ether oxygens (including phenoxy) is 3. The van der Waals surface area contributed by atoms with E-state index in [2.05, 4.69) is 16.0 Å². The Kier molecular flexibility index (Phi) is 15.2. The summed E-state index contributed by atoms with van der Waals surface area (Å²) in [5, 5.41) is 41.9. The van der Waals surface area contributed by atoms with Gasteiger partial charge in [0.2, 0.25) is 5.56 Å². The number of phenolic OH excluding ortho intramolecular Hbond substituents is 1. The van der Waals surface area contributed by atoms with Crippen molar-refractivity contribution in [2.75, 3.05) is 20.3 Å². The molecule has 6 rings (SSSR count). The Morgan fingerprint density at radius 2 is 1.75 bits per heavy atom. The fraction of sp³-hybridized carbons (Fsp3) is 0.400. The van der Waals surface area contributed by atoms with Crippen molar-refractivity contribution in [2.45, 2.75) is 78.5 Å². The summed E-state index contributed by atoms with van der Waals surface area (Å²) in [6.45, 7) is 1.14. The molecule has 1 saturated carbocycles. The molecule has 296 valence electrons. The van der Waals surface area contributed by atoms with Crippen LogP contribution >= 0.6 is 34.3 Å². The molecule has 1 unspecified atom stereocenters. The van der Waals surface area contributed by atoms with Crippen molar-refractivity contribution < 1.29 is 39.0 Å². The zero-order valence-electron chi connectivity index (χ0n) is 30.7. The molecule has 1 fully saturated rings. The molecular weight excluding hydrogens is 830 g/mol. The minimum atomic E-state index is -1.76. The van der Waals surface area contributed by atoms with Gasteiger partial charge in [-0.15, -0.1) is 0 Å². The van der Waals surface area contributed by atoms with Gasteiger partial charge in [-0.25, -0.2) is 0 Å². The van der Waals surface area contributed by atoms with Crippen LogP contribution < -0.4 is 20.3 Å². The number of aromatic nitrogens is 1. The Morgan fingerprint density at radius 1 is 1.04 bits per heavy atom. The van der Waals surface area contributed by atoms with E-state index in [4.69, 9.17) is 25.8 Å². The van der Waals surface area contributed by atoms with Crippen LogP contribution in [0, 0.1) is 0 Å². The number of hydrogen-bond donors (Lipinski definition) is 5. The van der Waals surface area contributed by atoms with E-state index in [1.54, 1.807) is 37.4 Å². The number of carbonyl (C=O) groups is 1. The van der Waals surface area contributed by atoms with Crippen LogP contribution in [0.1, 0.15) is 65.5 Å². The predicted molar refractivity (Wildman–Crippen MR) is 218 cm³/mol. The number of H-pyrrole nitrogens is 1. The summed E-state index contributed by atoms with van der Waals surface area (Å²) in [6.07, 6.45) is 4.67. The third kappa shape index (κ3) is 10.1. The molecule has 0 amide bonds. The standard InChI is InChI=1S/C40H46AsClN2O8S2.FH/c1-41(26-9-11-27(12-10-26)52-39(48)40(49,35-7-5-19-53-35)36-8-6-20-54-36)17-3-4-18-51-34-22-33(50-2)25(21-30(34)42)23-43-24-32(46)28-13-15-31(45)38-29(28)14-16-37(47)44-38;/h5-8,13-16,19-22,26-27,32,43,45-46,49H,3-4,9-12,17-18,23-24H2,1-2H3,(H,44,47);1H/t26-,27-,32-,41?;/m0./s1. The number of aromatic hydroxyl groups is 1. The van der Waals surface area contributed by atoms with Crippen molar-refractivity contribution in [1.29, 1.82) is 0 Å². The molecule has 0 radical (unpaired) electrons. The van der Waals surface area contributed by atoms with E-state index in [0.29, 0.717) is 55.1 Å². The monoisotopic (exact) mass is 876 g/mol. The molecule has 1 aliphatic rings. The number of fused-ring (bicyclic) bond motifs is 1. The van der Waals surface area contributed by atoms with Gasteiger partial charge in [-0.3, -0.25) is 9.50 Å². The Hall–Kier alpha value is -3.42. The quantitative estimate of drug-likeness (QED) is 0.0355. The second kappa shape index (κ2) is 19.6. The molecule has 10 nitrogen and oxygen atoms in total. The SMILES string of the molecule is COc1cc(OCCCC[As](C)[C@H]2CC[C@H](OC(=O)C(O)(c3cccs3)c3cccs3)CC2)c(Cl)cc1CNC[C@H](O)c1ccc(O)c2[nH]c(=O)ccc12.F. The minimum Gasteiger partial charge on any atom is -0.506 e. The van der Waals surface area contributed by atoms with Gasteiger partial charge in [0.1, 0.15) is 5.75 Å². The second-order valence-electron chi connectivity index (χ2n) is 13.6. The fourth-order valence-electron chi connectivity index (χ4n) is 6.98. The molecule has 0 saturated heterocycles. The molecule has 5 N–H and O–H groups in total. The average molecular weight is 877 g/mol. The zero-order valence-corrected chi connectivity index (χ0v) is 34.9. The molecule has 0 spiro atoms. The van der Waals surface area contributed by atoms with Crippen molar-refractivity contribution in [3.8, 4) is 17.2 Å². The Bertz CT molecular complexity index is 2020. The van der Waals surface area contributed by atoms with Crippen molar-refractivity contribution >= 4 is 65.8 Å². The van der Waals surface area contributed by atoms with Crippen LogP contribution in [0.15, 0.2) is 76.2 Å². The number of hydrogen-bond acceptors (Lipinski definition) is 11. The summed E-state index contributed by atoms with van der Waals surface area (Å²) in [4.78, 5) is 28.9. The smallest absolute Gasteiger partial charge is 0.506 e. The number of pyridine rings is 1. The Labute approximate surface area is 337 Å². The van der Waals surface area contributed by atoms with E-state index >= 15 is 0 Å².